The zero-order chi connectivity index (χ0) is 26.5. The molecule has 1 amide bonds. The van der Waals surface area contributed by atoms with E-state index < -0.39 is 10.6 Å². The molecule has 12 nitrogen and oxygen atoms in total. The number of carbonyl (C=O) groups is 1. The van der Waals surface area contributed by atoms with E-state index in [2.05, 4.69) is 26.0 Å². The number of benzene rings is 2. The lowest BCUT2D eigenvalue weighted by Crippen LogP contribution is -2.43. The van der Waals surface area contributed by atoms with Gasteiger partial charge in [-0.15, -0.1) is 0 Å². The normalized spacial score (nSPS) is 13.8. The number of hydrogen-bond donors (Lipinski definition) is 0. The van der Waals surface area contributed by atoms with Gasteiger partial charge in [-0.1, -0.05) is 15.9 Å². The second kappa shape index (κ2) is 11.5. The first-order valence-corrected chi connectivity index (χ1v) is 12.2. The molecule has 0 spiro atoms. The number of aryl methyl sites for hydroxylation is 1. The number of morpholine rings is 1. The van der Waals surface area contributed by atoms with Crippen LogP contribution in [0.5, 0.6) is 11.5 Å². The highest BCUT2D eigenvalue weighted by atomic mass is 79.9. The lowest BCUT2D eigenvalue weighted by atomic mass is 10.2. The summed E-state index contributed by atoms with van der Waals surface area (Å²) < 4.78 is 18.3. The molecule has 0 unspecified atom stereocenters. The topological polar surface area (TPSA) is 138 Å². The quantitative estimate of drug-likeness (QED) is 0.228. The van der Waals surface area contributed by atoms with Gasteiger partial charge >= 0.3 is 5.69 Å². The van der Waals surface area contributed by atoms with Crippen LogP contribution in [0.1, 0.15) is 18.3 Å². The van der Waals surface area contributed by atoms with Crippen molar-refractivity contribution in [1.29, 1.82) is 0 Å². The molecule has 3 aromatic rings. The molecular formula is C24H24BrN5O7. The molecule has 1 saturated heterocycles. The molecule has 13 heteroatoms. The average Bonchev–Trinajstić information content (AvgIpc) is 2.88. The minimum absolute atomic E-state index is 0.0811. The smallest absolute Gasteiger partial charge is 0.315 e. The number of halogens is 1. The Morgan fingerprint density at radius 3 is 2.73 bits per heavy atom. The number of amides is 1. The maximum absolute atomic E-state index is 13.0. The molecule has 37 heavy (non-hydrogen) atoms. The molecule has 2 heterocycles. The van der Waals surface area contributed by atoms with Crippen LogP contribution in [0.15, 0.2) is 44.7 Å². The van der Waals surface area contributed by atoms with Gasteiger partial charge in [-0.05, 0) is 38.1 Å². The first-order chi connectivity index (χ1) is 17.8. The fraction of sp³-hybridized carbons (Fsp3) is 0.333. The van der Waals surface area contributed by atoms with Crippen molar-refractivity contribution in [2.24, 2.45) is 5.10 Å². The molecule has 2 aromatic carbocycles. The van der Waals surface area contributed by atoms with Crippen molar-refractivity contribution in [1.82, 2.24) is 14.6 Å². The van der Waals surface area contributed by atoms with Gasteiger partial charge < -0.3 is 19.1 Å². The van der Waals surface area contributed by atoms with Crippen molar-refractivity contribution < 1.29 is 23.9 Å². The second-order valence-corrected chi connectivity index (χ2v) is 8.94. The number of fused-ring (bicyclic) bond motifs is 1. The molecule has 0 aliphatic carbocycles. The van der Waals surface area contributed by atoms with Crippen molar-refractivity contribution >= 4 is 44.6 Å². The van der Waals surface area contributed by atoms with Crippen molar-refractivity contribution in [3.8, 4) is 11.5 Å². The fourth-order valence-corrected chi connectivity index (χ4v) is 4.15. The van der Waals surface area contributed by atoms with Crippen LogP contribution < -0.4 is 15.0 Å². The van der Waals surface area contributed by atoms with Gasteiger partial charge in [-0.25, -0.2) is 4.98 Å². The summed E-state index contributed by atoms with van der Waals surface area (Å²) in [4.78, 5) is 42.7. The molecule has 0 atom stereocenters. The molecule has 1 fully saturated rings. The summed E-state index contributed by atoms with van der Waals surface area (Å²) in [7, 11) is 0. The molecule has 1 aromatic heterocycles. The van der Waals surface area contributed by atoms with E-state index in [0.717, 1.165) is 9.15 Å². The summed E-state index contributed by atoms with van der Waals surface area (Å²) in [6.07, 6.45) is 1.30. The van der Waals surface area contributed by atoms with Crippen molar-refractivity contribution in [2.45, 2.75) is 13.8 Å². The third-order valence-corrected chi connectivity index (χ3v) is 6.04. The molecule has 0 saturated carbocycles. The first-order valence-electron chi connectivity index (χ1n) is 11.4. The van der Waals surface area contributed by atoms with E-state index in [1.54, 1.807) is 36.9 Å². The largest absolute Gasteiger partial charge is 0.490 e. The minimum Gasteiger partial charge on any atom is -0.490 e. The SMILES string of the molecule is CCOc1cc(C=Nn2c(C)nc3ccc(Br)cc3c2=O)cc([N+](=O)[O-])c1OCC(=O)N1CCOCC1. The molecule has 0 radical (unpaired) electrons. The predicted molar refractivity (Wildman–Crippen MR) is 139 cm³/mol. The van der Waals surface area contributed by atoms with Crippen molar-refractivity contribution in [2.75, 3.05) is 39.5 Å². The maximum atomic E-state index is 13.0. The number of rotatable bonds is 8. The van der Waals surface area contributed by atoms with E-state index >= 15 is 0 Å². The standard InChI is InChI=1S/C24H24BrN5O7/c1-3-36-21-11-16(13-26-29-15(2)27-19-5-4-17(25)12-18(19)24(29)32)10-20(30(33)34)23(21)37-14-22(31)28-6-8-35-9-7-28/h4-5,10-13H,3,6-9,14H2,1-2H3. The number of nitro groups is 1. The Kier molecular flexibility index (Phi) is 8.14. The number of aromatic nitrogens is 2. The number of ether oxygens (including phenoxy) is 3. The van der Waals surface area contributed by atoms with Crippen LogP contribution in [0.4, 0.5) is 5.69 Å². The summed E-state index contributed by atoms with van der Waals surface area (Å²) in [5.74, 6) is -0.0399. The zero-order valence-corrected chi connectivity index (χ0v) is 21.8. The van der Waals surface area contributed by atoms with Crippen LogP contribution in [-0.2, 0) is 9.53 Å². The Hall–Kier alpha value is -3.84. The van der Waals surface area contributed by atoms with Crippen LogP contribution in [0.3, 0.4) is 0 Å². The summed E-state index contributed by atoms with van der Waals surface area (Å²) in [6.45, 7) is 4.88. The highest BCUT2D eigenvalue weighted by molar-refractivity contribution is 9.10. The average molecular weight is 574 g/mol. The minimum atomic E-state index is -0.624. The van der Waals surface area contributed by atoms with E-state index in [-0.39, 0.29) is 36.2 Å². The summed E-state index contributed by atoms with van der Waals surface area (Å²) in [6, 6.07) is 7.90. The highest BCUT2D eigenvalue weighted by Gasteiger charge is 2.25. The molecular weight excluding hydrogens is 550 g/mol. The number of hydrogen-bond acceptors (Lipinski definition) is 9. The van der Waals surface area contributed by atoms with Crippen LogP contribution in [0.2, 0.25) is 0 Å². The molecule has 194 valence electrons. The van der Waals surface area contributed by atoms with Gasteiger partial charge in [-0.3, -0.25) is 19.7 Å². The lowest BCUT2D eigenvalue weighted by Gasteiger charge is -2.26. The van der Waals surface area contributed by atoms with E-state index in [9.17, 15) is 19.7 Å². The number of nitro benzene ring substituents is 1. The van der Waals surface area contributed by atoms with Gasteiger partial charge in [0.1, 0.15) is 5.82 Å². The van der Waals surface area contributed by atoms with Crippen molar-refractivity contribution in [3.05, 3.63) is 66.7 Å². The van der Waals surface area contributed by atoms with Gasteiger partial charge in [0.25, 0.3) is 11.5 Å². The van der Waals surface area contributed by atoms with Gasteiger partial charge in [0, 0.05) is 29.2 Å². The Labute approximate surface area is 219 Å². The van der Waals surface area contributed by atoms with Crippen LogP contribution >= 0.6 is 15.9 Å². The zero-order valence-electron chi connectivity index (χ0n) is 20.2. The van der Waals surface area contributed by atoms with Gasteiger partial charge in [0.15, 0.2) is 12.4 Å². The van der Waals surface area contributed by atoms with E-state index in [1.807, 2.05) is 0 Å². The first kappa shape index (κ1) is 26.2. The predicted octanol–water partition coefficient (Wildman–Crippen LogP) is 2.89. The van der Waals surface area contributed by atoms with E-state index in [1.165, 1.54) is 18.3 Å². The van der Waals surface area contributed by atoms with E-state index in [0.29, 0.717) is 48.6 Å². The van der Waals surface area contributed by atoms with Crippen LogP contribution in [0.25, 0.3) is 10.9 Å². The molecule has 4 rings (SSSR count). The van der Waals surface area contributed by atoms with Crippen molar-refractivity contribution in [3.63, 3.8) is 0 Å². The molecule has 1 aliphatic heterocycles. The number of nitrogens with zero attached hydrogens (tertiary/aromatic N) is 5. The Morgan fingerprint density at radius 2 is 2.03 bits per heavy atom. The summed E-state index contributed by atoms with van der Waals surface area (Å²) in [5, 5.41) is 16.5. The maximum Gasteiger partial charge on any atom is 0.315 e. The lowest BCUT2D eigenvalue weighted by molar-refractivity contribution is -0.385. The van der Waals surface area contributed by atoms with Gasteiger partial charge in [0.2, 0.25) is 5.75 Å². The molecule has 0 bridgehead atoms. The number of carbonyl (C=O) groups excluding carboxylic acids is 1. The Balaban J connectivity index is 1.67. The Bertz CT molecular complexity index is 1430. The highest BCUT2D eigenvalue weighted by Crippen LogP contribution is 2.38. The molecule has 0 N–H and O–H groups in total. The van der Waals surface area contributed by atoms with Gasteiger partial charge in [-0.2, -0.15) is 9.78 Å². The van der Waals surface area contributed by atoms with Gasteiger partial charge in [0.05, 0.1) is 41.9 Å². The second-order valence-electron chi connectivity index (χ2n) is 8.02. The van der Waals surface area contributed by atoms with Crippen LogP contribution in [-0.4, -0.2) is 71.1 Å². The van der Waals surface area contributed by atoms with E-state index in [4.69, 9.17) is 14.2 Å². The third kappa shape index (κ3) is 5.94. The monoisotopic (exact) mass is 573 g/mol. The third-order valence-electron chi connectivity index (χ3n) is 5.55. The Morgan fingerprint density at radius 1 is 1.27 bits per heavy atom. The summed E-state index contributed by atoms with van der Waals surface area (Å²) >= 11 is 3.35. The van der Waals surface area contributed by atoms with Crippen LogP contribution in [0, 0.1) is 17.0 Å². The molecule has 1 aliphatic rings. The summed E-state index contributed by atoms with van der Waals surface area (Å²) in [5.41, 5.74) is 0.0372. The fourth-order valence-electron chi connectivity index (χ4n) is 3.78.